The van der Waals surface area contributed by atoms with Crippen molar-refractivity contribution in [1.82, 2.24) is 5.43 Å². The van der Waals surface area contributed by atoms with Crippen LogP contribution < -0.4 is 10.7 Å². The van der Waals surface area contributed by atoms with Crippen molar-refractivity contribution in [2.75, 3.05) is 18.5 Å². The van der Waals surface area contributed by atoms with Crippen LogP contribution in [0, 0.1) is 6.92 Å². The number of urea groups is 1. The SMILES string of the molecule is CCOC(=O)c1sc(NC(=O)NN=Cc2ccc(Cl)cc2)c(C(=O)OCC)c1C. The molecule has 0 fully saturated rings. The number of hydrogen-bond donors (Lipinski definition) is 2. The van der Waals surface area contributed by atoms with Crippen LogP contribution in [0.5, 0.6) is 0 Å². The van der Waals surface area contributed by atoms with Crippen LogP contribution in [0.3, 0.4) is 0 Å². The fourth-order valence-corrected chi connectivity index (χ4v) is 3.50. The van der Waals surface area contributed by atoms with Gasteiger partial charge in [-0.05, 0) is 44.0 Å². The van der Waals surface area contributed by atoms with E-state index in [-0.39, 0.29) is 28.7 Å². The minimum atomic E-state index is -0.683. The maximum atomic E-state index is 12.3. The molecule has 10 heteroatoms. The van der Waals surface area contributed by atoms with Gasteiger partial charge in [0.2, 0.25) is 0 Å². The van der Waals surface area contributed by atoms with Crippen molar-refractivity contribution in [3.63, 3.8) is 0 Å². The van der Waals surface area contributed by atoms with Gasteiger partial charge in [-0.15, -0.1) is 11.3 Å². The van der Waals surface area contributed by atoms with Gasteiger partial charge in [0.15, 0.2) is 0 Å². The Balaban J connectivity index is 2.17. The van der Waals surface area contributed by atoms with E-state index in [1.807, 2.05) is 0 Å². The molecule has 2 rings (SSSR count). The Labute approximate surface area is 176 Å². The standard InChI is InChI=1S/C19H20ClN3O5S/c1-4-27-17(24)14-11(3)15(18(25)28-5-2)29-16(14)22-19(26)23-21-10-12-6-8-13(20)9-7-12/h6-10H,4-5H2,1-3H3,(H2,22,23,26). The topological polar surface area (TPSA) is 106 Å². The number of hydrazone groups is 1. The number of ether oxygens (including phenoxy) is 2. The maximum Gasteiger partial charge on any atom is 0.348 e. The van der Waals surface area contributed by atoms with E-state index >= 15 is 0 Å². The zero-order valence-corrected chi connectivity index (χ0v) is 17.6. The summed E-state index contributed by atoms with van der Waals surface area (Å²) in [6.45, 7) is 5.28. The molecular weight excluding hydrogens is 418 g/mol. The number of carbonyl (C=O) groups excluding carboxylic acids is 3. The molecule has 2 amide bonds. The summed E-state index contributed by atoms with van der Waals surface area (Å²) in [5.74, 6) is -1.22. The Morgan fingerprint density at radius 2 is 1.72 bits per heavy atom. The molecule has 0 radical (unpaired) electrons. The van der Waals surface area contributed by atoms with Crippen LogP contribution in [0.2, 0.25) is 5.02 Å². The Kier molecular flexibility index (Phi) is 8.17. The van der Waals surface area contributed by atoms with Crippen molar-refractivity contribution < 1.29 is 23.9 Å². The van der Waals surface area contributed by atoms with Gasteiger partial charge < -0.3 is 9.47 Å². The molecule has 154 valence electrons. The average molecular weight is 438 g/mol. The summed E-state index contributed by atoms with van der Waals surface area (Å²) in [7, 11) is 0. The van der Waals surface area contributed by atoms with E-state index in [0.29, 0.717) is 10.6 Å². The molecule has 0 atom stereocenters. The van der Waals surface area contributed by atoms with Crippen LogP contribution in [-0.2, 0) is 9.47 Å². The number of hydrogen-bond acceptors (Lipinski definition) is 7. The molecule has 0 saturated heterocycles. The number of esters is 2. The number of benzene rings is 1. The Morgan fingerprint density at radius 3 is 2.34 bits per heavy atom. The molecule has 8 nitrogen and oxygen atoms in total. The van der Waals surface area contributed by atoms with Gasteiger partial charge in [-0.1, -0.05) is 23.7 Å². The quantitative estimate of drug-likeness (QED) is 0.383. The zero-order chi connectivity index (χ0) is 21.4. The highest BCUT2D eigenvalue weighted by molar-refractivity contribution is 7.18. The van der Waals surface area contributed by atoms with E-state index in [9.17, 15) is 14.4 Å². The first-order valence-electron chi connectivity index (χ1n) is 8.70. The monoisotopic (exact) mass is 437 g/mol. The molecular formula is C19H20ClN3O5S. The van der Waals surface area contributed by atoms with Crippen LogP contribution >= 0.6 is 22.9 Å². The summed E-state index contributed by atoms with van der Waals surface area (Å²) in [5.41, 5.74) is 3.52. The van der Waals surface area contributed by atoms with Crippen LogP contribution in [0.25, 0.3) is 0 Å². The third-order valence-electron chi connectivity index (χ3n) is 3.56. The molecule has 0 unspecified atom stereocenters. The smallest absolute Gasteiger partial charge is 0.348 e. The van der Waals surface area contributed by atoms with E-state index in [1.54, 1.807) is 45.0 Å². The number of amides is 2. The van der Waals surface area contributed by atoms with Gasteiger partial charge in [0.05, 0.1) is 25.0 Å². The first-order chi connectivity index (χ1) is 13.9. The molecule has 29 heavy (non-hydrogen) atoms. The second kappa shape index (κ2) is 10.6. The van der Waals surface area contributed by atoms with Crippen molar-refractivity contribution in [3.05, 3.63) is 50.9 Å². The van der Waals surface area contributed by atoms with Gasteiger partial charge >= 0.3 is 18.0 Å². The van der Waals surface area contributed by atoms with E-state index in [0.717, 1.165) is 16.9 Å². The third kappa shape index (κ3) is 6.03. The number of carbonyl (C=O) groups is 3. The summed E-state index contributed by atoms with van der Waals surface area (Å²) >= 11 is 6.75. The summed E-state index contributed by atoms with van der Waals surface area (Å²) < 4.78 is 10.0. The Bertz CT molecular complexity index is 925. The van der Waals surface area contributed by atoms with Crippen LogP contribution in [-0.4, -0.2) is 37.4 Å². The maximum absolute atomic E-state index is 12.3. The minimum Gasteiger partial charge on any atom is -0.462 e. The van der Waals surface area contributed by atoms with Crippen LogP contribution in [0.1, 0.15) is 45.0 Å². The van der Waals surface area contributed by atoms with Gasteiger partial charge in [0.1, 0.15) is 9.88 Å². The lowest BCUT2D eigenvalue weighted by atomic mass is 10.1. The molecule has 1 heterocycles. The van der Waals surface area contributed by atoms with E-state index < -0.39 is 18.0 Å². The molecule has 0 saturated carbocycles. The highest BCUT2D eigenvalue weighted by Gasteiger charge is 2.27. The fraction of sp³-hybridized carbons (Fsp3) is 0.263. The van der Waals surface area contributed by atoms with Crippen molar-refractivity contribution >= 4 is 52.1 Å². The molecule has 0 aliphatic rings. The number of nitrogens with zero attached hydrogens (tertiary/aromatic N) is 1. The number of anilines is 1. The summed E-state index contributed by atoms with van der Waals surface area (Å²) in [5, 5.41) is 7.12. The lowest BCUT2D eigenvalue weighted by molar-refractivity contribution is 0.0527. The number of thiophene rings is 1. The fourth-order valence-electron chi connectivity index (χ4n) is 2.29. The number of rotatable bonds is 7. The van der Waals surface area contributed by atoms with Gasteiger partial charge in [-0.2, -0.15) is 5.10 Å². The lowest BCUT2D eigenvalue weighted by Gasteiger charge is -2.06. The van der Waals surface area contributed by atoms with Crippen molar-refractivity contribution in [3.8, 4) is 0 Å². The van der Waals surface area contributed by atoms with Gasteiger partial charge in [0, 0.05) is 5.02 Å². The predicted octanol–water partition coefficient (Wildman–Crippen LogP) is 4.22. The molecule has 0 bridgehead atoms. The van der Waals surface area contributed by atoms with Crippen LogP contribution in [0.15, 0.2) is 29.4 Å². The van der Waals surface area contributed by atoms with Crippen molar-refractivity contribution in [2.24, 2.45) is 5.10 Å². The first-order valence-corrected chi connectivity index (χ1v) is 9.90. The predicted molar refractivity (Wildman–Crippen MR) is 112 cm³/mol. The van der Waals surface area contributed by atoms with E-state index in [4.69, 9.17) is 21.1 Å². The van der Waals surface area contributed by atoms with Crippen molar-refractivity contribution in [2.45, 2.75) is 20.8 Å². The molecule has 0 aliphatic carbocycles. The third-order valence-corrected chi connectivity index (χ3v) is 5.00. The lowest BCUT2D eigenvalue weighted by Crippen LogP contribution is -2.24. The second-order valence-electron chi connectivity index (χ2n) is 5.58. The molecule has 0 aliphatic heterocycles. The average Bonchev–Trinajstić information content (AvgIpc) is 2.99. The van der Waals surface area contributed by atoms with Gasteiger partial charge in [-0.3, -0.25) is 5.32 Å². The zero-order valence-electron chi connectivity index (χ0n) is 16.1. The molecule has 2 aromatic rings. The summed E-state index contributed by atoms with van der Waals surface area (Å²) in [4.78, 5) is 36.8. The molecule has 0 spiro atoms. The van der Waals surface area contributed by atoms with Crippen molar-refractivity contribution in [1.29, 1.82) is 0 Å². The summed E-state index contributed by atoms with van der Waals surface area (Å²) in [6, 6.07) is 6.18. The second-order valence-corrected chi connectivity index (χ2v) is 7.03. The molecule has 1 aromatic heterocycles. The number of nitrogens with one attached hydrogen (secondary N) is 2. The van der Waals surface area contributed by atoms with E-state index in [2.05, 4.69) is 15.8 Å². The van der Waals surface area contributed by atoms with Crippen LogP contribution in [0.4, 0.5) is 9.80 Å². The van der Waals surface area contributed by atoms with Gasteiger partial charge in [0.25, 0.3) is 0 Å². The minimum absolute atomic E-state index is 0.108. The largest absolute Gasteiger partial charge is 0.462 e. The first kappa shape index (κ1) is 22.4. The van der Waals surface area contributed by atoms with Gasteiger partial charge in [-0.25, -0.2) is 19.8 Å². The Hall–Kier alpha value is -2.91. The molecule has 2 N–H and O–H groups in total. The summed E-state index contributed by atoms with van der Waals surface area (Å²) in [6.07, 6.45) is 1.44. The highest BCUT2D eigenvalue weighted by atomic mass is 35.5. The van der Waals surface area contributed by atoms with E-state index in [1.165, 1.54) is 6.21 Å². The normalized spacial score (nSPS) is 10.6. The molecule has 1 aromatic carbocycles. The Morgan fingerprint density at radius 1 is 1.10 bits per heavy atom. The number of halogens is 1. The highest BCUT2D eigenvalue weighted by Crippen LogP contribution is 2.34.